The Morgan fingerprint density at radius 2 is 2.13 bits per heavy atom. The first-order chi connectivity index (χ1) is 7.02. The second-order valence-corrected chi connectivity index (χ2v) is 3.71. The van der Waals surface area contributed by atoms with E-state index in [1.807, 2.05) is 0 Å². The van der Waals surface area contributed by atoms with Crippen LogP contribution in [0.15, 0.2) is 18.3 Å². The molecule has 0 bridgehead atoms. The number of anilines is 1. The second-order valence-electron chi connectivity index (χ2n) is 2.97. The average molecular weight is 229 g/mol. The smallest absolute Gasteiger partial charge is 0.257 e. The summed E-state index contributed by atoms with van der Waals surface area (Å²) in [7, 11) is 0.339. The maximum absolute atomic E-state index is 11.6. The minimum absolute atomic E-state index is 0.0484. The van der Waals surface area contributed by atoms with Crippen molar-refractivity contribution in [1.29, 1.82) is 0 Å². The average Bonchev–Trinajstić information content (AvgIpc) is 2.16. The molecule has 0 aliphatic rings. The van der Waals surface area contributed by atoms with Crippen molar-refractivity contribution in [3.8, 4) is 0 Å². The predicted molar refractivity (Wildman–Crippen MR) is 56.2 cm³/mol. The summed E-state index contributed by atoms with van der Waals surface area (Å²) in [6.45, 7) is 0. The highest BCUT2D eigenvalue weighted by Gasteiger charge is 2.13. The van der Waals surface area contributed by atoms with Crippen LogP contribution in [0.25, 0.3) is 0 Å². The molecule has 0 unspecified atom stereocenters. The van der Waals surface area contributed by atoms with E-state index >= 15 is 0 Å². The number of hydrogen-bond donors (Lipinski definition) is 2. The number of rotatable bonds is 3. The lowest BCUT2D eigenvalue weighted by atomic mass is 10.2. The van der Waals surface area contributed by atoms with Gasteiger partial charge in [-0.05, 0) is 12.1 Å². The zero-order chi connectivity index (χ0) is 11.4. The Hall–Kier alpha value is -1.63. The highest BCUT2D eigenvalue weighted by atomic mass is 32.2. The molecule has 0 fully saturated rings. The van der Waals surface area contributed by atoms with Gasteiger partial charge >= 0.3 is 0 Å². The number of hydrogen-bond acceptors (Lipinski definition) is 4. The minimum Gasteiger partial charge on any atom is -0.345 e. The van der Waals surface area contributed by atoms with E-state index in [2.05, 4.69) is 9.71 Å². The molecule has 0 atom stereocenters. The molecule has 0 aliphatic heterocycles. The van der Waals surface area contributed by atoms with Crippen molar-refractivity contribution < 1.29 is 13.2 Å². The van der Waals surface area contributed by atoms with Gasteiger partial charge in [-0.2, -0.15) is 0 Å². The fourth-order valence-corrected chi connectivity index (χ4v) is 1.35. The molecule has 1 rings (SSSR count). The molecule has 0 radical (unpaired) electrons. The first-order valence-electron chi connectivity index (χ1n) is 4.10. The molecule has 1 amide bonds. The molecule has 15 heavy (non-hydrogen) atoms. The van der Waals surface area contributed by atoms with Gasteiger partial charge in [-0.25, -0.2) is 13.4 Å². The largest absolute Gasteiger partial charge is 0.345 e. The van der Waals surface area contributed by atoms with Gasteiger partial charge in [-0.1, -0.05) is 0 Å². The summed E-state index contributed by atoms with van der Waals surface area (Å²) in [5, 5.41) is 0. The first-order valence-corrected chi connectivity index (χ1v) is 5.28. The van der Waals surface area contributed by atoms with Crippen LogP contribution in [0.4, 0.5) is 5.82 Å². The monoisotopic (exact) mass is 229 g/mol. The van der Waals surface area contributed by atoms with Gasteiger partial charge in [0, 0.05) is 20.3 Å². The zero-order valence-corrected chi connectivity index (χ0v) is 9.19. The number of nitrogens with one attached hydrogen (secondary N) is 1. The molecule has 0 aromatic carbocycles. The summed E-state index contributed by atoms with van der Waals surface area (Å²) in [4.78, 5) is 16.7. The number of carbonyl (C=O) groups is 1. The Labute approximate surface area is 89.0 Å². The quantitative estimate of drug-likeness (QED) is 0.699. The highest BCUT2D eigenvalue weighted by Crippen LogP contribution is 2.12. The van der Waals surface area contributed by atoms with Gasteiger partial charge < -0.3 is 4.90 Å². The Morgan fingerprint density at radius 1 is 1.47 bits per heavy atom. The first kappa shape index (κ1) is 11.4. The standard InChI is InChI=1S/C8H11N3O3S/c1-11(2)8(12)6-4-3-5-9-7(6)10-15(13)14/h3-5,15H,1-2H3,(H,9,10,13,14). The van der Waals surface area contributed by atoms with E-state index in [0.29, 0.717) is 0 Å². The molecule has 0 spiro atoms. The SMILES string of the molecule is CN(C)C(=O)c1cccnc1N[SH](=O)=O. The van der Waals surface area contributed by atoms with Crippen LogP contribution in [0.1, 0.15) is 10.4 Å². The van der Waals surface area contributed by atoms with Crippen molar-refractivity contribution >= 4 is 22.6 Å². The Bertz CT molecular complexity index is 435. The molecule has 0 saturated heterocycles. The van der Waals surface area contributed by atoms with Crippen LogP contribution in [0.2, 0.25) is 0 Å². The molecule has 1 aromatic heterocycles. The number of nitrogens with zero attached hydrogens (tertiary/aromatic N) is 2. The molecule has 0 aliphatic carbocycles. The minimum atomic E-state index is -2.82. The van der Waals surface area contributed by atoms with Crippen molar-refractivity contribution in [3.63, 3.8) is 0 Å². The highest BCUT2D eigenvalue weighted by molar-refractivity contribution is 7.73. The lowest BCUT2D eigenvalue weighted by Crippen LogP contribution is -2.23. The van der Waals surface area contributed by atoms with E-state index in [9.17, 15) is 13.2 Å². The lowest BCUT2D eigenvalue weighted by Gasteiger charge is -2.12. The van der Waals surface area contributed by atoms with Gasteiger partial charge in [0.2, 0.25) is 10.9 Å². The molecule has 1 N–H and O–H groups in total. The molecule has 1 heterocycles. The van der Waals surface area contributed by atoms with E-state index in [0.717, 1.165) is 0 Å². The van der Waals surface area contributed by atoms with E-state index in [4.69, 9.17) is 0 Å². The third-order valence-electron chi connectivity index (χ3n) is 1.64. The number of thiol groups is 1. The van der Waals surface area contributed by atoms with Crippen LogP contribution in [0.5, 0.6) is 0 Å². The van der Waals surface area contributed by atoms with Crippen molar-refractivity contribution in [3.05, 3.63) is 23.9 Å². The van der Waals surface area contributed by atoms with Crippen molar-refractivity contribution in [1.82, 2.24) is 9.88 Å². The number of carbonyl (C=O) groups excluding carboxylic acids is 1. The molecule has 1 aromatic rings. The van der Waals surface area contributed by atoms with E-state index in [1.54, 1.807) is 20.2 Å². The fraction of sp³-hybridized carbons (Fsp3) is 0.250. The van der Waals surface area contributed by atoms with Crippen molar-refractivity contribution in [2.24, 2.45) is 0 Å². The third kappa shape index (κ3) is 2.91. The molecule has 0 saturated carbocycles. The summed E-state index contributed by atoms with van der Waals surface area (Å²) >= 11 is 0. The van der Waals surface area contributed by atoms with Crippen molar-refractivity contribution in [2.75, 3.05) is 18.8 Å². The number of amides is 1. The Balaban J connectivity index is 3.11. The molecular weight excluding hydrogens is 218 g/mol. The lowest BCUT2D eigenvalue weighted by molar-refractivity contribution is 0.0828. The fourth-order valence-electron chi connectivity index (χ4n) is 0.994. The van der Waals surface area contributed by atoms with Crippen LogP contribution < -0.4 is 4.72 Å². The van der Waals surface area contributed by atoms with Crippen LogP contribution in [0, 0.1) is 0 Å². The Morgan fingerprint density at radius 3 is 2.67 bits per heavy atom. The van der Waals surface area contributed by atoms with Gasteiger partial charge in [0.1, 0.15) is 0 Å². The summed E-state index contributed by atoms with van der Waals surface area (Å²) in [6, 6.07) is 3.08. The molecular formula is C8H11N3O3S. The number of aromatic nitrogens is 1. The van der Waals surface area contributed by atoms with E-state index in [-0.39, 0.29) is 17.3 Å². The van der Waals surface area contributed by atoms with Gasteiger partial charge in [0.25, 0.3) is 5.91 Å². The topological polar surface area (TPSA) is 79.4 Å². The van der Waals surface area contributed by atoms with Crippen LogP contribution in [-0.2, 0) is 10.9 Å². The van der Waals surface area contributed by atoms with Crippen LogP contribution >= 0.6 is 0 Å². The summed E-state index contributed by atoms with van der Waals surface area (Å²) in [5.41, 5.74) is 0.224. The van der Waals surface area contributed by atoms with Gasteiger partial charge in [0.05, 0.1) is 5.56 Å². The predicted octanol–water partition coefficient (Wildman–Crippen LogP) is -0.278. The summed E-state index contributed by atoms with van der Waals surface area (Å²) in [5.74, 6) is -0.255. The maximum atomic E-state index is 11.6. The third-order valence-corrected chi connectivity index (χ3v) is 2.04. The molecule has 6 nitrogen and oxygen atoms in total. The van der Waals surface area contributed by atoms with Gasteiger partial charge in [-0.15, -0.1) is 0 Å². The zero-order valence-electron chi connectivity index (χ0n) is 8.30. The van der Waals surface area contributed by atoms with Crippen LogP contribution in [-0.4, -0.2) is 38.3 Å². The maximum Gasteiger partial charge on any atom is 0.257 e. The summed E-state index contributed by atoms with van der Waals surface area (Å²) in [6.07, 6.45) is 1.41. The van der Waals surface area contributed by atoms with Gasteiger partial charge in [-0.3, -0.25) is 9.52 Å². The normalized spacial score (nSPS) is 10.1. The van der Waals surface area contributed by atoms with Crippen molar-refractivity contribution in [2.45, 2.75) is 0 Å². The molecule has 7 heteroatoms. The van der Waals surface area contributed by atoms with Crippen LogP contribution in [0.3, 0.4) is 0 Å². The van der Waals surface area contributed by atoms with Gasteiger partial charge in [0.15, 0.2) is 5.82 Å². The molecule has 82 valence electrons. The summed E-state index contributed by atoms with van der Waals surface area (Å²) < 4.78 is 23.1. The van der Waals surface area contributed by atoms with E-state index < -0.39 is 10.9 Å². The second kappa shape index (κ2) is 4.74. The van der Waals surface area contributed by atoms with E-state index in [1.165, 1.54) is 17.2 Å². The Kier molecular flexibility index (Phi) is 3.62. The number of pyridine rings is 1.